The van der Waals surface area contributed by atoms with E-state index in [-0.39, 0.29) is 12.6 Å². The van der Waals surface area contributed by atoms with Crippen LogP contribution in [0.2, 0.25) is 0 Å². The second kappa shape index (κ2) is 12.9. The molecular formula is C34H35NO6. The number of amides is 1. The average molecular weight is 554 g/mol. The fourth-order valence-electron chi connectivity index (χ4n) is 5.41. The van der Waals surface area contributed by atoms with Crippen molar-refractivity contribution in [3.05, 3.63) is 131 Å². The minimum Gasteiger partial charge on any atom is -0.497 e. The molecule has 5 rings (SSSR count). The molecule has 3 atom stereocenters. The van der Waals surface area contributed by atoms with Gasteiger partial charge in [-0.1, -0.05) is 84.9 Å². The van der Waals surface area contributed by atoms with E-state index >= 15 is 0 Å². The lowest BCUT2D eigenvalue weighted by Gasteiger charge is -2.39. The first-order valence-electron chi connectivity index (χ1n) is 13.7. The molecule has 41 heavy (non-hydrogen) atoms. The number of benzene rings is 4. The summed E-state index contributed by atoms with van der Waals surface area (Å²) in [7, 11) is 3.26. The lowest BCUT2D eigenvalue weighted by Crippen LogP contribution is -2.40. The molecule has 7 nitrogen and oxygen atoms in total. The Morgan fingerprint density at radius 3 is 1.80 bits per heavy atom. The van der Waals surface area contributed by atoms with Gasteiger partial charge in [-0.2, -0.15) is 0 Å². The Balaban J connectivity index is 1.44. The molecule has 0 radical (unpaired) electrons. The average Bonchev–Trinajstić information content (AvgIpc) is 3.37. The van der Waals surface area contributed by atoms with Crippen molar-refractivity contribution >= 4 is 6.09 Å². The number of hydrogen-bond donors (Lipinski definition) is 2. The van der Waals surface area contributed by atoms with Crippen LogP contribution in [-0.2, 0) is 21.7 Å². The van der Waals surface area contributed by atoms with Crippen LogP contribution in [0.5, 0.6) is 11.5 Å². The van der Waals surface area contributed by atoms with Gasteiger partial charge in [-0.05, 0) is 59.4 Å². The van der Waals surface area contributed by atoms with E-state index in [0.717, 1.165) is 33.8 Å². The van der Waals surface area contributed by atoms with Crippen molar-refractivity contribution in [2.45, 2.75) is 43.3 Å². The van der Waals surface area contributed by atoms with Crippen LogP contribution in [0, 0.1) is 0 Å². The van der Waals surface area contributed by atoms with Gasteiger partial charge in [-0.3, -0.25) is 0 Å². The predicted molar refractivity (Wildman–Crippen MR) is 156 cm³/mol. The molecule has 212 valence electrons. The number of hydrogen-bond acceptors (Lipinski definition) is 6. The molecule has 0 aromatic heterocycles. The van der Waals surface area contributed by atoms with Gasteiger partial charge in [0, 0.05) is 6.04 Å². The van der Waals surface area contributed by atoms with Crippen LogP contribution in [0.25, 0.3) is 0 Å². The molecule has 4 aromatic rings. The minimum atomic E-state index is -1.06. The first-order chi connectivity index (χ1) is 20.0. The summed E-state index contributed by atoms with van der Waals surface area (Å²) in [5, 5.41) is 14.1. The van der Waals surface area contributed by atoms with Crippen LogP contribution in [0.3, 0.4) is 0 Å². The van der Waals surface area contributed by atoms with Crippen molar-refractivity contribution in [2.24, 2.45) is 0 Å². The number of aliphatic hydroxyl groups excluding tert-OH is 1. The number of aliphatic hydroxyl groups is 1. The van der Waals surface area contributed by atoms with Crippen molar-refractivity contribution in [1.82, 2.24) is 5.32 Å². The number of carbonyl (C=O) groups is 1. The van der Waals surface area contributed by atoms with Crippen molar-refractivity contribution in [3.63, 3.8) is 0 Å². The van der Waals surface area contributed by atoms with Gasteiger partial charge >= 0.3 is 6.09 Å². The molecule has 7 heteroatoms. The molecule has 1 aliphatic rings. The van der Waals surface area contributed by atoms with Gasteiger partial charge in [0.05, 0.1) is 26.4 Å². The number of carbonyl (C=O) groups excluding carboxylic acids is 1. The summed E-state index contributed by atoms with van der Waals surface area (Å²) in [5.41, 5.74) is 2.50. The zero-order valence-electron chi connectivity index (χ0n) is 23.2. The van der Waals surface area contributed by atoms with Gasteiger partial charge in [0.25, 0.3) is 0 Å². The fraction of sp³-hybridized carbons (Fsp3) is 0.265. The highest BCUT2D eigenvalue weighted by Crippen LogP contribution is 2.44. The maximum Gasteiger partial charge on any atom is 0.407 e. The van der Waals surface area contributed by atoms with Crippen molar-refractivity contribution in [1.29, 1.82) is 0 Å². The summed E-state index contributed by atoms with van der Waals surface area (Å²) in [6.45, 7) is 0.175. The Labute approximate surface area is 240 Å². The van der Waals surface area contributed by atoms with E-state index in [1.807, 2.05) is 109 Å². The Kier molecular flexibility index (Phi) is 8.87. The van der Waals surface area contributed by atoms with E-state index in [9.17, 15) is 9.90 Å². The predicted octanol–water partition coefficient (Wildman–Crippen LogP) is 5.83. The smallest absolute Gasteiger partial charge is 0.407 e. The molecule has 0 aliphatic heterocycles. The molecule has 2 N–H and O–H groups in total. The Morgan fingerprint density at radius 1 is 0.756 bits per heavy atom. The standard InChI is InChI=1S/C34H35NO6/c1-38-29-17-13-26(14-18-29)34(25-11-7-4-8-12-25,27-15-19-30(39-2)20-16-27)41-32-22-28(21-31(32)36)35-33(37)40-23-24-9-5-3-6-10-24/h3-20,28,31-32,36H,21-23H2,1-2H3,(H,35,37)/t28?,31-,32+/m1/s1. The third-order valence-corrected chi connectivity index (χ3v) is 7.51. The first-order valence-corrected chi connectivity index (χ1v) is 13.7. The van der Waals surface area contributed by atoms with Crippen LogP contribution >= 0.6 is 0 Å². The molecule has 1 amide bonds. The number of rotatable bonds is 10. The normalized spacial score (nSPS) is 18.5. The molecular weight excluding hydrogens is 518 g/mol. The molecule has 0 spiro atoms. The lowest BCUT2D eigenvalue weighted by atomic mass is 9.79. The number of ether oxygens (including phenoxy) is 4. The monoisotopic (exact) mass is 553 g/mol. The molecule has 0 saturated heterocycles. The quantitative estimate of drug-likeness (QED) is 0.240. The lowest BCUT2D eigenvalue weighted by molar-refractivity contribution is -0.0887. The van der Waals surface area contributed by atoms with Crippen LogP contribution in [0.15, 0.2) is 109 Å². The van der Waals surface area contributed by atoms with Crippen molar-refractivity contribution < 1.29 is 28.8 Å². The first kappa shape index (κ1) is 28.2. The Bertz CT molecular complexity index is 1350. The van der Waals surface area contributed by atoms with E-state index < -0.39 is 23.9 Å². The SMILES string of the molecule is COc1ccc(C(O[C@H]2CC(NC(=O)OCc3ccccc3)C[C@H]2O)(c2ccccc2)c2ccc(OC)cc2)cc1. The maximum absolute atomic E-state index is 12.6. The van der Waals surface area contributed by atoms with E-state index in [1.54, 1.807) is 14.2 Å². The number of nitrogens with one attached hydrogen (secondary N) is 1. The van der Waals surface area contributed by atoms with Crippen LogP contribution in [-0.4, -0.2) is 43.7 Å². The highest BCUT2D eigenvalue weighted by Gasteiger charge is 2.45. The van der Waals surface area contributed by atoms with Crippen molar-refractivity contribution in [2.75, 3.05) is 14.2 Å². The van der Waals surface area contributed by atoms with Crippen molar-refractivity contribution in [3.8, 4) is 11.5 Å². The van der Waals surface area contributed by atoms with Crippen LogP contribution in [0.4, 0.5) is 4.79 Å². The minimum absolute atomic E-state index is 0.175. The van der Waals surface area contributed by atoms with E-state index in [2.05, 4.69) is 5.32 Å². The molecule has 0 heterocycles. The van der Waals surface area contributed by atoms with Gasteiger partial charge in [0.1, 0.15) is 23.7 Å². The molecule has 1 aliphatic carbocycles. The third kappa shape index (κ3) is 6.37. The second-order valence-electron chi connectivity index (χ2n) is 10.1. The second-order valence-corrected chi connectivity index (χ2v) is 10.1. The zero-order valence-corrected chi connectivity index (χ0v) is 23.2. The molecule has 4 aromatic carbocycles. The van der Waals surface area contributed by atoms with Gasteiger partial charge in [-0.15, -0.1) is 0 Å². The van der Waals surface area contributed by atoms with Gasteiger partial charge in [0.2, 0.25) is 0 Å². The van der Waals surface area contributed by atoms with Crippen LogP contribution in [0.1, 0.15) is 35.1 Å². The summed E-state index contributed by atoms with van der Waals surface area (Å²) < 4.78 is 23.3. The molecule has 0 bridgehead atoms. The summed E-state index contributed by atoms with van der Waals surface area (Å²) in [5.74, 6) is 1.45. The number of alkyl carbamates (subject to hydrolysis) is 1. The summed E-state index contributed by atoms with van der Waals surface area (Å²) >= 11 is 0. The van der Waals surface area contributed by atoms with Gasteiger partial charge in [0.15, 0.2) is 0 Å². The van der Waals surface area contributed by atoms with E-state index in [0.29, 0.717) is 12.8 Å². The fourth-order valence-corrected chi connectivity index (χ4v) is 5.41. The van der Waals surface area contributed by atoms with E-state index in [4.69, 9.17) is 18.9 Å². The third-order valence-electron chi connectivity index (χ3n) is 7.51. The largest absolute Gasteiger partial charge is 0.497 e. The highest BCUT2D eigenvalue weighted by molar-refractivity contribution is 5.67. The summed E-state index contributed by atoms with van der Waals surface area (Å²) in [6.07, 6.45) is -1.12. The Morgan fingerprint density at radius 2 is 1.27 bits per heavy atom. The highest BCUT2D eigenvalue weighted by atomic mass is 16.5. The Hall–Kier alpha value is -4.33. The molecule has 1 unspecified atom stereocenters. The maximum atomic E-state index is 12.6. The van der Waals surface area contributed by atoms with Gasteiger partial charge < -0.3 is 29.4 Å². The zero-order chi connectivity index (χ0) is 28.7. The number of methoxy groups -OCH3 is 2. The van der Waals surface area contributed by atoms with E-state index in [1.165, 1.54) is 0 Å². The van der Waals surface area contributed by atoms with Gasteiger partial charge in [-0.25, -0.2) is 4.79 Å². The topological polar surface area (TPSA) is 86.3 Å². The summed E-state index contributed by atoms with van der Waals surface area (Å²) in [6, 6.07) is 34.7. The molecule has 1 fully saturated rings. The summed E-state index contributed by atoms with van der Waals surface area (Å²) in [4.78, 5) is 12.6. The molecule has 1 saturated carbocycles. The van der Waals surface area contributed by atoms with Crippen LogP contribution < -0.4 is 14.8 Å².